The number of nitrogens with one attached hydrogen (secondary N) is 2. The first kappa shape index (κ1) is 16.1. The average molecular weight is 296 g/mol. The van der Waals surface area contributed by atoms with Crippen molar-refractivity contribution in [3.63, 3.8) is 0 Å². The second kappa shape index (κ2) is 7.64. The van der Waals surface area contributed by atoms with Crippen molar-refractivity contribution in [3.8, 4) is 0 Å². The number of carbonyl (C=O) groups is 1. The van der Waals surface area contributed by atoms with E-state index in [0.717, 1.165) is 24.2 Å². The van der Waals surface area contributed by atoms with E-state index in [1.54, 1.807) is 0 Å². The van der Waals surface area contributed by atoms with Crippen molar-refractivity contribution in [3.05, 3.63) is 59.7 Å². The number of benzene rings is 2. The lowest BCUT2D eigenvalue weighted by Crippen LogP contribution is -2.21. The van der Waals surface area contributed by atoms with Crippen LogP contribution in [0.15, 0.2) is 48.5 Å². The van der Waals surface area contributed by atoms with Crippen LogP contribution in [-0.2, 0) is 6.42 Å². The molecular formula is C19H24N2O. The third-order valence-electron chi connectivity index (χ3n) is 3.98. The molecule has 2 aromatic rings. The Hall–Kier alpha value is -2.29. The van der Waals surface area contributed by atoms with Gasteiger partial charge in [0, 0.05) is 11.4 Å². The van der Waals surface area contributed by atoms with Crippen LogP contribution in [0.3, 0.4) is 0 Å². The van der Waals surface area contributed by atoms with Crippen LogP contribution < -0.4 is 10.6 Å². The summed E-state index contributed by atoms with van der Waals surface area (Å²) in [4.78, 5) is 12.3. The van der Waals surface area contributed by atoms with Gasteiger partial charge >= 0.3 is 6.03 Å². The van der Waals surface area contributed by atoms with E-state index in [-0.39, 0.29) is 6.03 Å². The fraction of sp³-hybridized carbons (Fsp3) is 0.316. The van der Waals surface area contributed by atoms with Crippen LogP contribution in [0.5, 0.6) is 0 Å². The Morgan fingerprint density at radius 3 is 2.36 bits per heavy atom. The number of rotatable bonds is 5. The molecule has 1 atom stereocenters. The lowest BCUT2D eigenvalue weighted by molar-refractivity contribution is 0.262. The minimum Gasteiger partial charge on any atom is -0.308 e. The van der Waals surface area contributed by atoms with Gasteiger partial charge < -0.3 is 10.6 Å². The summed E-state index contributed by atoms with van der Waals surface area (Å²) in [6.07, 6.45) is 1.94. The van der Waals surface area contributed by atoms with Gasteiger partial charge in [0.25, 0.3) is 0 Å². The van der Waals surface area contributed by atoms with Gasteiger partial charge in [-0.05, 0) is 42.0 Å². The van der Waals surface area contributed by atoms with E-state index >= 15 is 0 Å². The summed E-state index contributed by atoms with van der Waals surface area (Å²) < 4.78 is 0. The number of urea groups is 1. The fourth-order valence-electron chi connectivity index (χ4n) is 2.50. The lowest BCUT2D eigenvalue weighted by atomic mass is 9.93. The first-order chi connectivity index (χ1) is 10.7. The number of anilines is 2. The van der Waals surface area contributed by atoms with Gasteiger partial charge in [0.05, 0.1) is 0 Å². The predicted octanol–water partition coefficient (Wildman–Crippen LogP) is 5.41. The molecule has 3 nitrogen and oxygen atoms in total. The van der Waals surface area contributed by atoms with Gasteiger partial charge in [0.2, 0.25) is 0 Å². The lowest BCUT2D eigenvalue weighted by Gasteiger charge is -2.19. The van der Waals surface area contributed by atoms with Crippen molar-refractivity contribution in [1.29, 1.82) is 0 Å². The molecule has 0 saturated heterocycles. The third-order valence-corrected chi connectivity index (χ3v) is 3.98. The summed E-state index contributed by atoms with van der Waals surface area (Å²) in [5.41, 5.74) is 4.11. The zero-order chi connectivity index (χ0) is 15.9. The predicted molar refractivity (Wildman–Crippen MR) is 93.6 cm³/mol. The highest BCUT2D eigenvalue weighted by molar-refractivity contribution is 6.00. The number of amides is 2. The van der Waals surface area contributed by atoms with Crippen molar-refractivity contribution >= 4 is 17.4 Å². The maximum atomic E-state index is 12.3. The fourth-order valence-corrected chi connectivity index (χ4v) is 2.50. The monoisotopic (exact) mass is 296 g/mol. The van der Waals surface area contributed by atoms with E-state index in [1.807, 2.05) is 30.3 Å². The van der Waals surface area contributed by atoms with E-state index in [4.69, 9.17) is 0 Å². The zero-order valence-corrected chi connectivity index (χ0v) is 13.5. The molecule has 0 aliphatic carbocycles. The largest absolute Gasteiger partial charge is 0.323 e. The molecule has 0 spiro atoms. The van der Waals surface area contributed by atoms with Crippen molar-refractivity contribution in [2.24, 2.45) is 0 Å². The molecule has 0 bridgehead atoms. The third kappa shape index (κ3) is 3.88. The molecule has 0 aliphatic rings. The van der Waals surface area contributed by atoms with Crippen LogP contribution in [0, 0.1) is 0 Å². The minimum absolute atomic E-state index is 0.198. The molecule has 0 aliphatic heterocycles. The van der Waals surface area contributed by atoms with E-state index in [2.05, 4.69) is 49.6 Å². The molecule has 2 amide bonds. The summed E-state index contributed by atoms with van der Waals surface area (Å²) in [5.74, 6) is 0.415. The number of hydrogen-bond acceptors (Lipinski definition) is 1. The Bertz CT molecular complexity index is 623. The second-order valence-electron chi connectivity index (χ2n) is 5.49. The second-order valence-corrected chi connectivity index (χ2v) is 5.49. The van der Waals surface area contributed by atoms with Gasteiger partial charge in [-0.1, -0.05) is 57.2 Å². The first-order valence-electron chi connectivity index (χ1n) is 7.90. The number of hydrogen-bond donors (Lipinski definition) is 2. The summed E-state index contributed by atoms with van der Waals surface area (Å²) in [7, 11) is 0. The smallest absolute Gasteiger partial charge is 0.308 e. The Morgan fingerprint density at radius 2 is 1.73 bits per heavy atom. The molecule has 0 heterocycles. The molecule has 2 N–H and O–H groups in total. The maximum Gasteiger partial charge on any atom is 0.323 e. The van der Waals surface area contributed by atoms with E-state index in [0.29, 0.717) is 5.92 Å². The average Bonchev–Trinajstić information content (AvgIpc) is 2.55. The van der Waals surface area contributed by atoms with Crippen LogP contribution in [0.1, 0.15) is 44.2 Å². The summed E-state index contributed by atoms with van der Waals surface area (Å²) in [6.45, 7) is 6.46. The maximum absolute atomic E-state index is 12.3. The van der Waals surface area contributed by atoms with Gasteiger partial charge in [-0.2, -0.15) is 0 Å². The van der Waals surface area contributed by atoms with E-state index < -0.39 is 0 Å². The number of para-hydroxylation sites is 2. The van der Waals surface area contributed by atoms with E-state index in [1.165, 1.54) is 11.1 Å². The summed E-state index contributed by atoms with van der Waals surface area (Å²) in [5, 5.41) is 5.92. The molecule has 2 rings (SSSR count). The van der Waals surface area contributed by atoms with Crippen LogP contribution in [0.25, 0.3) is 0 Å². The van der Waals surface area contributed by atoms with Crippen LogP contribution in [0.4, 0.5) is 16.2 Å². The Kier molecular flexibility index (Phi) is 5.59. The van der Waals surface area contributed by atoms with Gasteiger partial charge in [-0.15, -0.1) is 0 Å². The Balaban J connectivity index is 2.22. The highest BCUT2D eigenvalue weighted by Crippen LogP contribution is 2.30. The van der Waals surface area contributed by atoms with Gasteiger partial charge in [-0.3, -0.25) is 0 Å². The molecule has 22 heavy (non-hydrogen) atoms. The molecule has 0 aromatic heterocycles. The molecular weight excluding hydrogens is 272 g/mol. The number of aryl methyl sites for hydroxylation is 1. The normalized spacial score (nSPS) is 11.8. The first-order valence-corrected chi connectivity index (χ1v) is 7.90. The van der Waals surface area contributed by atoms with Gasteiger partial charge in [0.1, 0.15) is 0 Å². The van der Waals surface area contributed by atoms with Crippen LogP contribution in [0.2, 0.25) is 0 Å². The highest BCUT2D eigenvalue weighted by atomic mass is 16.2. The van der Waals surface area contributed by atoms with Crippen molar-refractivity contribution in [1.82, 2.24) is 0 Å². The minimum atomic E-state index is -0.198. The number of carbonyl (C=O) groups excluding carboxylic acids is 1. The molecule has 0 radical (unpaired) electrons. The Labute approximate surface area is 132 Å². The standard InChI is InChI=1S/C19H24N2O/c1-4-14(3)17-13-9-10-15(5-2)18(17)21-19(22)20-16-11-7-6-8-12-16/h6-14H,4-5H2,1-3H3,(H2,20,21,22)/t14-/m1/s1. The van der Waals surface area contributed by atoms with Gasteiger partial charge in [-0.25, -0.2) is 4.79 Å². The molecule has 2 aromatic carbocycles. The SMILES string of the molecule is CCc1cccc([C@H](C)CC)c1NC(=O)Nc1ccccc1. The van der Waals surface area contributed by atoms with Crippen molar-refractivity contribution in [2.45, 2.75) is 39.5 Å². The zero-order valence-electron chi connectivity index (χ0n) is 13.5. The molecule has 0 unspecified atom stereocenters. The van der Waals surface area contributed by atoms with Crippen molar-refractivity contribution < 1.29 is 4.79 Å². The highest BCUT2D eigenvalue weighted by Gasteiger charge is 2.14. The molecule has 0 saturated carbocycles. The summed E-state index contributed by atoms with van der Waals surface area (Å²) in [6, 6.07) is 15.5. The van der Waals surface area contributed by atoms with Crippen LogP contribution in [-0.4, -0.2) is 6.03 Å². The van der Waals surface area contributed by atoms with Crippen LogP contribution >= 0.6 is 0 Å². The van der Waals surface area contributed by atoms with Gasteiger partial charge in [0.15, 0.2) is 0 Å². The van der Waals surface area contributed by atoms with Crippen molar-refractivity contribution in [2.75, 3.05) is 10.6 Å². The molecule has 116 valence electrons. The molecule has 0 fully saturated rings. The topological polar surface area (TPSA) is 41.1 Å². The van der Waals surface area contributed by atoms with E-state index in [9.17, 15) is 4.79 Å². The summed E-state index contributed by atoms with van der Waals surface area (Å²) >= 11 is 0. The quantitative estimate of drug-likeness (QED) is 0.761. The Morgan fingerprint density at radius 1 is 1.00 bits per heavy atom. The molecule has 3 heteroatoms.